The fraction of sp³-hybridized carbons (Fsp3) is 0.130. The first-order valence-corrected chi connectivity index (χ1v) is 10.8. The predicted octanol–water partition coefficient (Wildman–Crippen LogP) is 6.11. The number of ether oxygens (including phenoxy) is 1. The van der Waals surface area contributed by atoms with Crippen LogP contribution in [0.1, 0.15) is 27.7 Å². The summed E-state index contributed by atoms with van der Waals surface area (Å²) in [6.07, 6.45) is 2.99. The number of nitrogens with zero attached hydrogens (tertiary/aromatic N) is 1. The van der Waals surface area contributed by atoms with Crippen molar-refractivity contribution in [2.75, 3.05) is 11.9 Å². The molecule has 7 nitrogen and oxygen atoms in total. The molecular formula is C23H19ClN2O5S. The number of nitrogens with one attached hydrogen (secondary N) is 1. The van der Waals surface area contributed by atoms with E-state index in [0.717, 1.165) is 10.4 Å². The fourth-order valence-corrected chi connectivity index (χ4v) is 4.22. The molecule has 0 radical (unpaired) electrons. The van der Waals surface area contributed by atoms with Gasteiger partial charge >= 0.3 is 5.97 Å². The van der Waals surface area contributed by atoms with Crippen molar-refractivity contribution >= 4 is 51.6 Å². The predicted molar refractivity (Wildman–Crippen MR) is 126 cm³/mol. The normalized spacial score (nSPS) is 10.8. The molecule has 0 spiro atoms. The summed E-state index contributed by atoms with van der Waals surface area (Å²) in [5, 5.41) is 14.6. The van der Waals surface area contributed by atoms with Crippen LogP contribution in [0.2, 0.25) is 5.02 Å². The van der Waals surface area contributed by atoms with E-state index in [1.54, 1.807) is 49.4 Å². The second-order valence-corrected chi connectivity index (χ2v) is 8.30. The highest BCUT2D eigenvalue weighted by Crippen LogP contribution is 2.40. The number of nitro benzene ring substituents is 1. The SMILES string of the molecule is CCOC(=O)c1c(NC(=O)C=Cc2ccc(Cl)cc2)sc(C)c1-c1ccc([N+](=O)[O-])cc1. The van der Waals surface area contributed by atoms with E-state index < -0.39 is 16.8 Å². The molecule has 1 aromatic heterocycles. The number of benzene rings is 2. The van der Waals surface area contributed by atoms with Crippen LogP contribution in [0.15, 0.2) is 54.6 Å². The summed E-state index contributed by atoms with van der Waals surface area (Å²) in [7, 11) is 0. The number of thiophene rings is 1. The molecule has 0 aliphatic rings. The van der Waals surface area contributed by atoms with Crippen LogP contribution in [0.25, 0.3) is 17.2 Å². The van der Waals surface area contributed by atoms with Gasteiger partial charge in [0.15, 0.2) is 0 Å². The topological polar surface area (TPSA) is 98.5 Å². The Kier molecular flexibility index (Phi) is 7.40. The summed E-state index contributed by atoms with van der Waals surface area (Å²) in [4.78, 5) is 36.5. The largest absolute Gasteiger partial charge is 0.462 e. The lowest BCUT2D eigenvalue weighted by atomic mass is 10.0. The Labute approximate surface area is 193 Å². The standard InChI is InChI=1S/C23H19ClN2O5S/c1-3-31-23(28)21-20(16-7-11-18(12-8-16)26(29)30)14(2)32-22(21)25-19(27)13-6-15-4-9-17(24)10-5-15/h4-13H,3H2,1-2H3,(H,25,27). The van der Waals surface area contributed by atoms with Gasteiger partial charge in [-0.2, -0.15) is 0 Å². The molecule has 32 heavy (non-hydrogen) atoms. The van der Waals surface area contributed by atoms with Crippen LogP contribution in [0.3, 0.4) is 0 Å². The lowest BCUT2D eigenvalue weighted by Crippen LogP contribution is -2.12. The highest BCUT2D eigenvalue weighted by molar-refractivity contribution is 7.17. The molecule has 2 aromatic carbocycles. The molecule has 9 heteroatoms. The lowest BCUT2D eigenvalue weighted by molar-refractivity contribution is -0.384. The van der Waals surface area contributed by atoms with Gasteiger partial charge in [-0.05, 0) is 55.3 Å². The zero-order chi connectivity index (χ0) is 23.3. The van der Waals surface area contributed by atoms with Gasteiger partial charge in [0.2, 0.25) is 5.91 Å². The number of aryl methyl sites for hydroxylation is 1. The number of hydrogen-bond donors (Lipinski definition) is 1. The van der Waals surface area contributed by atoms with Gasteiger partial charge in [-0.1, -0.05) is 23.7 Å². The Balaban J connectivity index is 1.94. The fourth-order valence-electron chi connectivity index (χ4n) is 3.03. The number of halogens is 1. The van der Waals surface area contributed by atoms with Crippen LogP contribution in [0.4, 0.5) is 10.7 Å². The number of carbonyl (C=O) groups is 2. The van der Waals surface area contributed by atoms with Crippen LogP contribution in [-0.2, 0) is 9.53 Å². The first-order valence-electron chi connectivity index (χ1n) is 9.60. The molecule has 3 rings (SSSR count). The summed E-state index contributed by atoms with van der Waals surface area (Å²) >= 11 is 7.10. The van der Waals surface area contributed by atoms with Crippen molar-refractivity contribution in [3.8, 4) is 11.1 Å². The number of nitro groups is 1. The Bertz CT molecular complexity index is 1180. The first kappa shape index (κ1) is 23.2. The van der Waals surface area contributed by atoms with Crippen LogP contribution in [0, 0.1) is 17.0 Å². The number of carbonyl (C=O) groups excluding carboxylic acids is 2. The molecule has 1 N–H and O–H groups in total. The van der Waals surface area contributed by atoms with Crippen molar-refractivity contribution in [2.45, 2.75) is 13.8 Å². The number of anilines is 1. The Morgan fingerprint density at radius 1 is 1.16 bits per heavy atom. The zero-order valence-electron chi connectivity index (χ0n) is 17.3. The smallest absolute Gasteiger partial charge is 0.341 e. The summed E-state index contributed by atoms with van der Waals surface area (Å²) in [5.41, 5.74) is 2.14. The Morgan fingerprint density at radius 3 is 2.41 bits per heavy atom. The minimum Gasteiger partial charge on any atom is -0.462 e. The van der Waals surface area contributed by atoms with Crippen LogP contribution in [-0.4, -0.2) is 23.4 Å². The number of hydrogen-bond acceptors (Lipinski definition) is 6. The average Bonchev–Trinajstić information content (AvgIpc) is 3.09. The van der Waals surface area contributed by atoms with E-state index in [-0.39, 0.29) is 17.9 Å². The van der Waals surface area contributed by atoms with Gasteiger partial charge in [0.25, 0.3) is 5.69 Å². The second kappa shape index (κ2) is 10.2. The molecule has 0 unspecified atom stereocenters. The van der Waals surface area contributed by atoms with Crippen molar-refractivity contribution < 1.29 is 19.2 Å². The highest BCUT2D eigenvalue weighted by atomic mass is 35.5. The maximum atomic E-state index is 12.7. The van der Waals surface area contributed by atoms with Crippen molar-refractivity contribution in [1.29, 1.82) is 0 Å². The zero-order valence-corrected chi connectivity index (χ0v) is 18.8. The molecule has 0 aliphatic heterocycles. The summed E-state index contributed by atoms with van der Waals surface area (Å²) in [6.45, 7) is 3.66. The van der Waals surface area contributed by atoms with E-state index in [9.17, 15) is 19.7 Å². The molecule has 1 heterocycles. The third-order valence-corrected chi connectivity index (χ3v) is 5.74. The van der Waals surface area contributed by atoms with E-state index in [2.05, 4.69) is 5.32 Å². The van der Waals surface area contributed by atoms with Crippen molar-refractivity contribution in [3.05, 3.63) is 85.7 Å². The number of non-ortho nitro benzene ring substituents is 1. The van der Waals surface area contributed by atoms with Gasteiger partial charge < -0.3 is 10.1 Å². The maximum Gasteiger partial charge on any atom is 0.341 e. The number of rotatable bonds is 7. The van der Waals surface area contributed by atoms with Crippen molar-refractivity contribution in [2.24, 2.45) is 0 Å². The van der Waals surface area contributed by atoms with E-state index in [1.165, 1.54) is 29.5 Å². The van der Waals surface area contributed by atoms with E-state index in [4.69, 9.17) is 16.3 Å². The minimum atomic E-state index is -0.581. The van der Waals surface area contributed by atoms with Crippen LogP contribution >= 0.6 is 22.9 Å². The Hall–Kier alpha value is -3.49. The number of amides is 1. The van der Waals surface area contributed by atoms with Crippen molar-refractivity contribution in [1.82, 2.24) is 0 Å². The van der Waals surface area contributed by atoms with Crippen LogP contribution in [0.5, 0.6) is 0 Å². The lowest BCUT2D eigenvalue weighted by Gasteiger charge is -2.08. The molecule has 164 valence electrons. The molecule has 0 aliphatic carbocycles. The van der Waals surface area contributed by atoms with Crippen LogP contribution < -0.4 is 5.32 Å². The summed E-state index contributed by atoms with van der Waals surface area (Å²) < 4.78 is 5.21. The molecule has 1 amide bonds. The van der Waals surface area contributed by atoms with Gasteiger partial charge in [0.1, 0.15) is 10.6 Å². The molecule has 3 aromatic rings. The van der Waals surface area contributed by atoms with Gasteiger partial charge in [0, 0.05) is 33.7 Å². The average molecular weight is 471 g/mol. The first-order chi connectivity index (χ1) is 15.3. The quantitative estimate of drug-likeness (QED) is 0.194. The molecule has 0 saturated carbocycles. The van der Waals surface area contributed by atoms with Gasteiger partial charge in [-0.15, -0.1) is 11.3 Å². The van der Waals surface area contributed by atoms with Gasteiger partial charge in [-0.3, -0.25) is 14.9 Å². The molecule has 0 atom stereocenters. The Morgan fingerprint density at radius 2 is 1.81 bits per heavy atom. The molecule has 0 bridgehead atoms. The molecule has 0 saturated heterocycles. The summed E-state index contributed by atoms with van der Waals surface area (Å²) in [6, 6.07) is 12.9. The van der Waals surface area contributed by atoms with Gasteiger partial charge in [-0.25, -0.2) is 4.79 Å². The van der Waals surface area contributed by atoms with E-state index >= 15 is 0 Å². The third kappa shape index (κ3) is 5.40. The second-order valence-electron chi connectivity index (χ2n) is 6.64. The van der Waals surface area contributed by atoms with E-state index in [0.29, 0.717) is 21.2 Å². The highest BCUT2D eigenvalue weighted by Gasteiger charge is 2.25. The molecule has 0 fully saturated rings. The number of esters is 1. The monoisotopic (exact) mass is 470 g/mol. The minimum absolute atomic E-state index is 0.0554. The third-order valence-electron chi connectivity index (χ3n) is 4.46. The van der Waals surface area contributed by atoms with Gasteiger partial charge in [0.05, 0.1) is 11.5 Å². The maximum absolute atomic E-state index is 12.7. The summed E-state index contributed by atoms with van der Waals surface area (Å²) in [5.74, 6) is -0.996. The van der Waals surface area contributed by atoms with E-state index in [1.807, 2.05) is 6.92 Å². The van der Waals surface area contributed by atoms with Crippen molar-refractivity contribution in [3.63, 3.8) is 0 Å². The molecular weight excluding hydrogens is 452 g/mol.